The van der Waals surface area contributed by atoms with Crippen molar-refractivity contribution < 1.29 is 19.1 Å². The van der Waals surface area contributed by atoms with Crippen LogP contribution in [0.4, 0.5) is 5.69 Å². The molecule has 0 aromatic heterocycles. The van der Waals surface area contributed by atoms with Crippen LogP contribution in [-0.4, -0.2) is 24.1 Å². The van der Waals surface area contributed by atoms with Crippen molar-refractivity contribution in [1.82, 2.24) is 0 Å². The van der Waals surface area contributed by atoms with E-state index < -0.39 is 24.1 Å². The monoisotopic (exact) mass is 415 g/mol. The molecule has 0 spiro atoms. The highest BCUT2D eigenvalue weighted by Gasteiger charge is 2.23. The Labute approximate surface area is 166 Å². The SMILES string of the molecule is CC(OC(=O)C(C)Oc1ccc(Cl)cc1)C(=O)Nc1cc(Cl)cc(Cl)c1. The molecular weight excluding hydrogens is 401 g/mol. The van der Waals surface area contributed by atoms with E-state index in [0.717, 1.165) is 0 Å². The van der Waals surface area contributed by atoms with E-state index >= 15 is 0 Å². The van der Waals surface area contributed by atoms with Crippen LogP contribution in [0.3, 0.4) is 0 Å². The maximum atomic E-state index is 12.2. The minimum atomic E-state index is -1.03. The van der Waals surface area contributed by atoms with Gasteiger partial charge in [-0.25, -0.2) is 4.79 Å². The largest absolute Gasteiger partial charge is 0.479 e. The zero-order valence-electron chi connectivity index (χ0n) is 14.0. The van der Waals surface area contributed by atoms with Gasteiger partial charge in [0.05, 0.1) is 0 Å². The van der Waals surface area contributed by atoms with Gasteiger partial charge < -0.3 is 14.8 Å². The van der Waals surface area contributed by atoms with Crippen LogP contribution in [0.5, 0.6) is 5.75 Å². The highest BCUT2D eigenvalue weighted by molar-refractivity contribution is 6.35. The maximum Gasteiger partial charge on any atom is 0.347 e. The summed E-state index contributed by atoms with van der Waals surface area (Å²) in [6, 6.07) is 11.1. The standard InChI is InChI=1S/C18H16Cl3NO4/c1-10(17(23)22-15-8-13(20)7-14(21)9-15)26-18(24)11(2)25-16-5-3-12(19)4-6-16/h3-11H,1-2H3,(H,22,23). The molecule has 0 aliphatic carbocycles. The zero-order valence-corrected chi connectivity index (χ0v) is 16.2. The number of esters is 1. The van der Waals surface area contributed by atoms with Crippen LogP contribution < -0.4 is 10.1 Å². The fourth-order valence-electron chi connectivity index (χ4n) is 1.96. The molecule has 0 aliphatic rings. The number of hydrogen-bond donors (Lipinski definition) is 1. The van der Waals surface area contributed by atoms with E-state index in [2.05, 4.69) is 5.32 Å². The molecule has 1 amide bonds. The van der Waals surface area contributed by atoms with Crippen LogP contribution in [0.25, 0.3) is 0 Å². The number of halogens is 3. The van der Waals surface area contributed by atoms with Gasteiger partial charge in [-0.05, 0) is 56.3 Å². The lowest BCUT2D eigenvalue weighted by molar-refractivity contribution is -0.159. The third kappa shape index (κ3) is 6.09. The molecule has 0 heterocycles. The predicted molar refractivity (Wildman–Crippen MR) is 102 cm³/mol. The molecule has 0 saturated heterocycles. The Morgan fingerprint density at radius 3 is 2.04 bits per heavy atom. The molecule has 0 radical (unpaired) electrons. The van der Waals surface area contributed by atoms with Gasteiger partial charge in [0.1, 0.15) is 5.75 Å². The zero-order chi connectivity index (χ0) is 19.3. The summed E-state index contributed by atoms with van der Waals surface area (Å²) in [6.07, 6.45) is -1.93. The first kappa shape index (κ1) is 20.4. The Hall–Kier alpha value is -1.95. The van der Waals surface area contributed by atoms with Crippen LogP contribution in [0.2, 0.25) is 15.1 Å². The normalized spacial score (nSPS) is 12.8. The van der Waals surface area contributed by atoms with E-state index in [-0.39, 0.29) is 0 Å². The fraction of sp³-hybridized carbons (Fsp3) is 0.222. The van der Waals surface area contributed by atoms with Crippen molar-refractivity contribution in [3.05, 3.63) is 57.5 Å². The summed E-state index contributed by atoms with van der Waals surface area (Å²) in [5, 5.41) is 3.89. The average molecular weight is 417 g/mol. The van der Waals surface area contributed by atoms with E-state index in [1.54, 1.807) is 24.3 Å². The van der Waals surface area contributed by atoms with Crippen LogP contribution in [-0.2, 0) is 14.3 Å². The minimum Gasteiger partial charge on any atom is -0.479 e. The summed E-state index contributed by atoms with van der Waals surface area (Å²) in [5.41, 5.74) is 0.404. The number of rotatable bonds is 6. The molecular formula is C18H16Cl3NO4. The molecule has 2 aromatic rings. The Kier molecular flexibility index (Phi) is 7.14. The van der Waals surface area contributed by atoms with Crippen molar-refractivity contribution in [3.8, 4) is 5.75 Å². The van der Waals surface area contributed by atoms with Gasteiger partial charge in [0.2, 0.25) is 0 Å². The average Bonchev–Trinajstić information content (AvgIpc) is 2.55. The summed E-state index contributed by atoms with van der Waals surface area (Å²) in [4.78, 5) is 24.3. The predicted octanol–water partition coefficient (Wildman–Crippen LogP) is 4.98. The number of anilines is 1. The van der Waals surface area contributed by atoms with E-state index in [9.17, 15) is 9.59 Å². The summed E-state index contributed by atoms with van der Waals surface area (Å²) in [5.74, 6) is -0.730. The van der Waals surface area contributed by atoms with E-state index in [0.29, 0.717) is 26.5 Å². The fourth-order valence-corrected chi connectivity index (χ4v) is 2.61. The lowest BCUT2D eigenvalue weighted by Gasteiger charge is -2.18. The Balaban J connectivity index is 1.90. The molecule has 2 rings (SSSR count). The Morgan fingerprint density at radius 2 is 1.46 bits per heavy atom. The number of carbonyl (C=O) groups excluding carboxylic acids is 2. The number of ether oxygens (including phenoxy) is 2. The van der Waals surface area contributed by atoms with E-state index in [1.165, 1.54) is 32.0 Å². The summed E-state index contributed by atoms with van der Waals surface area (Å²) in [7, 11) is 0. The second-order valence-electron chi connectivity index (χ2n) is 5.44. The topological polar surface area (TPSA) is 64.6 Å². The van der Waals surface area contributed by atoms with Crippen molar-refractivity contribution in [2.45, 2.75) is 26.1 Å². The van der Waals surface area contributed by atoms with Gasteiger partial charge >= 0.3 is 5.97 Å². The molecule has 0 aliphatic heterocycles. The first-order valence-electron chi connectivity index (χ1n) is 7.64. The minimum absolute atomic E-state index is 0.377. The second-order valence-corrected chi connectivity index (χ2v) is 6.75. The number of benzene rings is 2. The van der Waals surface area contributed by atoms with Crippen molar-refractivity contribution in [2.75, 3.05) is 5.32 Å². The molecule has 138 valence electrons. The molecule has 1 N–H and O–H groups in total. The van der Waals surface area contributed by atoms with Crippen molar-refractivity contribution in [2.24, 2.45) is 0 Å². The number of hydrogen-bond acceptors (Lipinski definition) is 4. The van der Waals surface area contributed by atoms with Crippen LogP contribution >= 0.6 is 34.8 Å². The first-order chi connectivity index (χ1) is 12.2. The van der Waals surface area contributed by atoms with Gasteiger partial charge in [-0.15, -0.1) is 0 Å². The quantitative estimate of drug-likeness (QED) is 0.674. The molecule has 0 saturated carbocycles. The highest BCUT2D eigenvalue weighted by Crippen LogP contribution is 2.23. The van der Waals surface area contributed by atoms with Gasteiger partial charge in [-0.2, -0.15) is 0 Å². The van der Waals surface area contributed by atoms with Crippen LogP contribution in [0.1, 0.15) is 13.8 Å². The van der Waals surface area contributed by atoms with Gasteiger partial charge in [0.15, 0.2) is 12.2 Å². The maximum absolute atomic E-state index is 12.2. The first-order valence-corrected chi connectivity index (χ1v) is 8.77. The smallest absolute Gasteiger partial charge is 0.347 e. The lowest BCUT2D eigenvalue weighted by atomic mass is 10.3. The van der Waals surface area contributed by atoms with Crippen molar-refractivity contribution in [3.63, 3.8) is 0 Å². The highest BCUT2D eigenvalue weighted by atomic mass is 35.5. The Morgan fingerprint density at radius 1 is 0.885 bits per heavy atom. The third-order valence-electron chi connectivity index (χ3n) is 3.25. The summed E-state index contributed by atoms with van der Waals surface area (Å²) >= 11 is 17.6. The molecule has 2 atom stereocenters. The molecule has 2 aromatic carbocycles. The molecule has 26 heavy (non-hydrogen) atoms. The summed E-state index contributed by atoms with van der Waals surface area (Å²) < 4.78 is 10.6. The lowest BCUT2D eigenvalue weighted by Crippen LogP contribution is -2.35. The molecule has 5 nitrogen and oxygen atoms in total. The van der Waals surface area contributed by atoms with Gasteiger partial charge in [-0.3, -0.25) is 4.79 Å². The van der Waals surface area contributed by atoms with Gasteiger partial charge in [-0.1, -0.05) is 34.8 Å². The third-order valence-corrected chi connectivity index (χ3v) is 3.94. The molecule has 2 unspecified atom stereocenters. The number of nitrogens with one attached hydrogen (secondary N) is 1. The van der Waals surface area contributed by atoms with E-state index in [1.807, 2.05) is 0 Å². The molecule has 0 fully saturated rings. The van der Waals surface area contributed by atoms with Gasteiger partial charge in [0, 0.05) is 20.8 Å². The van der Waals surface area contributed by atoms with E-state index in [4.69, 9.17) is 44.3 Å². The van der Waals surface area contributed by atoms with Crippen LogP contribution in [0, 0.1) is 0 Å². The second kappa shape index (κ2) is 9.12. The van der Waals surface area contributed by atoms with Crippen molar-refractivity contribution >= 4 is 52.4 Å². The van der Waals surface area contributed by atoms with Gasteiger partial charge in [0.25, 0.3) is 5.91 Å². The molecule has 0 bridgehead atoms. The molecule has 8 heteroatoms. The number of amides is 1. The number of carbonyl (C=O) groups is 2. The Bertz CT molecular complexity index is 775. The van der Waals surface area contributed by atoms with Crippen molar-refractivity contribution in [1.29, 1.82) is 0 Å². The van der Waals surface area contributed by atoms with Crippen LogP contribution in [0.15, 0.2) is 42.5 Å². The summed E-state index contributed by atoms with van der Waals surface area (Å²) in [6.45, 7) is 2.98.